The van der Waals surface area contributed by atoms with Crippen molar-refractivity contribution in [2.24, 2.45) is 5.41 Å². The minimum atomic E-state index is -0.837. The summed E-state index contributed by atoms with van der Waals surface area (Å²) in [5.41, 5.74) is 1.32. The molecule has 0 aromatic heterocycles. The van der Waals surface area contributed by atoms with Crippen LogP contribution in [0, 0.1) is 17.0 Å². The predicted octanol–water partition coefficient (Wildman–Crippen LogP) is 5.19. The van der Waals surface area contributed by atoms with Crippen LogP contribution in [0.3, 0.4) is 0 Å². The predicted molar refractivity (Wildman–Crippen MR) is 75.0 cm³/mol. The molecule has 1 unspecified atom stereocenters. The summed E-state index contributed by atoms with van der Waals surface area (Å²) in [5, 5.41) is 0. The van der Waals surface area contributed by atoms with Crippen LogP contribution >= 0.6 is 0 Å². The summed E-state index contributed by atoms with van der Waals surface area (Å²) < 4.78 is 32.4. The van der Waals surface area contributed by atoms with Gasteiger partial charge in [-0.25, -0.2) is 4.39 Å². The quantitative estimate of drug-likeness (QED) is 0.724. The molecule has 0 N–H and O–H groups in total. The van der Waals surface area contributed by atoms with Gasteiger partial charge in [0.15, 0.2) is 11.6 Å². The SMILES string of the molecule is COc1c(C2CCCC3(CCCC3)C2)ccc(F)c1F. The molecule has 1 spiro atoms. The molecule has 2 fully saturated rings. The Bertz CT molecular complexity index is 492. The third-order valence-corrected chi connectivity index (χ3v) is 5.33. The van der Waals surface area contributed by atoms with E-state index in [1.807, 2.05) is 0 Å². The molecular formula is C17H22F2O. The number of methoxy groups -OCH3 is 1. The Morgan fingerprint density at radius 1 is 1.10 bits per heavy atom. The van der Waals surface area contributed by atoms with Gasteiger partial charge in [-0.05, 0) is 49.5 Å². The van der Waals surface area contributed by atoms with Gasteiger partial charge in [-0.15, -0.1) is 0 Å². The Morgan fingerprint density at radius 2 is 1.80 bits per heavy atom. The van der Waals surface area contributed by atoms with Crippen molar-refractivity contribution in [2.45, 2.75) is 57.3 Å². The van der Waals surface area contributed by atoms with Crippen LogP contribution in [0.4, 0.5) is 8.78 Å². The van der Waals surface area contributed by atoms with Crippen molar-refractivity contribution < 1.29 is 13.5 Å². The summed E-state index contributed by atoms with van der Waals surface area (Å²) in [5.74, 6) is -1.23. The lowest BCUT2D eigenvalue weighted by molar-refractivity contribution is 0.174. The first-order valence-corrected chi connectivity index (χ1v) is 7.67. The fourth-order valence-electron chi connectivity index (χ4n) is 4.37. The summed E-state index contributed by atoms with van der Waals surface area (Å²) in [6.45, 7) is 0. The molecule has 0 aliphatic heterocycles. The highest BCUT2D eigenvalue weighted by atomic mass is 19.2. The Labute approximate surface area is 119 Å². The fourth-order valence-corrected chi connectivity index (χ4v) is 4.37. The van der Waals surface area contributed by atoms with E-state index < -0.39 is 11.6 Å². The fraction of sp³-hybridized carbons (Fsp3) is 0.647. The highest BCUT2D eigenvalue weighted by molar-refractivity contribution is 5.39. The zero-order valence-electron chi connectivity index (χ0n) is 12.1. The Hall–Kier alpha value is -1.12. The Balaban J connectivity index is 1.90. The highest BCUT2D eigenvalue weighted by Crippen LogP contribution is 2.54. The van der Waals surface area contributed by atoms with Crippen molar-refractivity contribution >= 4 is 0 Å². The van der Waals surface area contributed by atoms with Crippen LogP contribution in [0.25, 0.3) is 0 Å². The molecule has 2 aliphatic rings. The van der Waals surface area contributed by atoms with Crippen LogP contribution < -0.4 is 4.74 Å². The van der Waals surface area contributed by atoms with Gasteiger partial charge in [-0.3, -0.25) is 0 Å². The third-order valence-electron chi connectivity index (χ3n) is 5.33. The first kappa shape index (κ1) is 13.8. The van der Waals surface area contributed by atoms with E-state index >= 15 is 0 Å². The van der Waals surface area contributed by atoms with Gasteiger partial charge in [0.1, 0.15) is 0 Å². The molecule has 3 heteroatoms. The number of ether oxygens (including phenoxy) is 1. The second-order valence-corrected chi connectivity index (χ2v) is 6.48. The van der Waals surface area contributed by atoms with E-state index in [4.69, 9.17) is 4.74 Å². The molecule has 0 heterocycles. The van der Waals surface area contributed by atoms with Gasteiger partial charge < -0.3 is 4.74 Å². The van der Waals surface area contributed by atoms with Gasteiger partial charge in [0.25, 0.3) is 0 Å². The molecule has 3 rings (SSSR count). The summed E-state index contributed by atoms with van der Waals surface area (Å²) in [6, 6.07) is 2.96. The molecule has 1 atom stereocenters. The molecule has 0 saturated heterocycles. The maximum atomic E-state index is 13.9. The lowest BCUT2D eigenvalue weighted by Crippen LogP contribution is -2.25. The summed E-state index contributed by atoms with van der Waals surface area (Å²) in [4.78, 5) is 0. The maximum Gasteiger partial charge on any atom is 0.200 e. The smallest absolute Gasteiger partial charge is 0.200 e. The molecular weight excluding hydrogens is 258 g/mol. The van der Waals surface area contributed by atoms with E-state index in [2.05, 4.69) is 0 Å². The largest absolute Gasteiger partial charge is 0.493 e. The van der Waals surface area contributed by atoms with Gasteiger partial charge >= 0.3 is 0 Å². The molecule has 0 bridgehead atoms. The maximum absolute atomic E-state index is 13.9. The van der Waals surface area contributed by atoms with Crippen LogP contribution in [-0.4, -0.2) is 7.11 Å². The Kier molecular flexibility index (Phi) is 3.70. The lowest BCUT2D eigenvalue weighted by atomic mass is 9.67. The van der Waals surface area contributed by atoms with Crippen LogP contribution in [0.1, 0.15) is 62.8 Å². The van der Waals surface area contributed by atoms with Gasteiger partial charge in [-0.1, -0.05) is 25.3 Å². The molecule has 1 aromatic carbocycles. The molecule has 20 heavy (non-hydrogen) atoms. The minimum absolute atomic E-state index is 0.116. The lowest BCUT2D eigenvalue weighted by Gasteiger charge is -2.38. The average Bonchev–Trinajstić information content (AvgIpc) is 2.89. The van der Waals surface area contributed by atoms with E-state index in [0.29, 0.717) is 11.3 Å². The van der Waals surface area contributed by atoms with Crippen LogP contribution in [0.15, 0.2) is 12.1 Å². The van der Waals surface area contributed by atoms with Crippen LogP contribution in [0.5, 0.6) is 5.75 Å². The second kappa shape index (κ2) is 5.34. The second-order valence-electron chi connectivity index (χ2n) is 6.48. The summed E-state index contributed by atoms with van der Waals surface area (Å²) >= 11 is 0. The number of halogens is 2. The standard InChI is InChI=1S/C17H22F2O/c1-20-16-13(6-7-14(18)15(16)19)12-5-4-10-17(11-12)8-2-3-9-17/h6-7,12H,2-5,8-11H2,1H3. The Morgan fingerprint density at radius 3 is 2.50 bits per heavy atom. The minimum Gasteiger partial charge on any atom is -0.493 e. The number of hydrogen-bond donors (Lipinski definition) is 0. The zero-order valence-corrected chi connectivity index (χ0v) is 12.1. The van der Waals surface area contributed by atoms with E-state index in [0.717, 1.165) is 18.4 Å². The highest BCUT2D eigenvalue weighted by Gasteiger charge is 2.39. The van der Waals surface area contributed by atoms with Crippen LogP contribution in [-0.2, 0) is 0 Å². The van der Waals surface area contributed by atoms with E-state index in [1.165, 1.54) is 51.7 Å². The number of rotatable bonds is 2. The zero-order chi connectivity index (χ0) is 14.2. The summed E-state index contributed by atoms with van der Waals surface area (Å²) in [7, 11) is 1.43. The van der Waals surface area contributed by atoms with Crippen molar-refractivity contribution in [1.82, 2.24) is 0 Å². The molecule has 110 valence electrons. The summed E-state index contributed by atoms with van der Waals surface area (Å²) in [6.07, 6.45) is 9.90. The van der Waals surface area contributed by atoms with Crippen molar-refractivity contribution in [3.05, 3.63) is 29.3 Å². The number of hydrogen-bond acceptors (Lipinski definition) is 1. The van der Waals surface area contributed by atoms with E-state index in [-0.39, 0.29) is 5.75 Å². The molecule has 1 aromatic rings. The normalized spacial score (nSPS) is 25.1. The first-order chi connectivity index (χ1) is 9.65. The number of benzene rings is 1. The molecule has 2 aliphatic carbocycles. The third kappa shape index (κ3) is 2.32. The molecule has 0 amide bonds. The van der Waals surface area contributed by atoms with Gasteiger partial charge in [0, 0.05) is 5.56 Å². The van der Waals surface area contributed by atoms with Crippen molar-refractivity contribution in [2.75, 3.05) is 7.11 Å². The monoisotopic (exact) mass is 280 g/mol. The molecule has 2 saturated carbocycles. The van der Waals surface area contributed by atoms with E-state index in [9.17, 15) is 8.78 Å². The van der Waals surface area contributed by atoms with Crippen LogP contribution in [0.2, 0.25) is 0 Å². The van der Waals surface area contributed by atoms with Gasteiger partial charge in [-0.2, -0.15) is 4.39 Å². The molecule has 1 nitrogen and oxygen atoms in total. The average molecular weight is 280 g/mol. The van der Waals surface area contributed by atoms with Crippen molar-refractivity contribution in [3.8, 4) is 5.75 Å². The van der Waals surface area contributed by atoms with Gasteiger partial charge in [0.2, 0.25) is 5.82 Å². The molecule has 0 radical (unpaired) electrons. The van der Waals surface area contributed by atoms with Crippen molar-refractivity contribution in [3.63, 3.8) is 0 Å². The van der Waals surface area contributed by atoms with Crippen molar-refractivity contribution in [1.29, 1.82) is 0 Å². The topological polar surface area (TPSA) is 9.23 Å². The van der Waals surface area contributed by atoms with Gasteiger partial charge in [0.05, 0.1) is 7.11 Å². The van der Waals surface area contributed by atoms with E-state index in [1.54, 1.807) is 6.07 Å². The first-order valence-electron chi connectivity index (χ1n) is 7.67.